The third kappa shape index (κ3) is 2.38. The number of nitrogens with zero attached hydrogens (tertiary/aromatic N) is 1. The molecule has 0 unspecified atom stereocenters. The Morgan fingerprint density at radius 3 is 2.57 bits per heavy atom. The van der Waals surface area contributed by atoms with Crippen molar-refractivity contribution in [2.75, 3.05) is 13.1 Å². The van der Waals surface area contributed by atoms with E-state index in [1.165, 1.54) is 5.56 Å². The highest BCUT2D eigenvalue weighted by atomic mass is 16.3. The number of carbonyl (C=O) groups excluding carboxylic acids is 1. The molecule has 3 rings (SSSR count). The molecule has 2 aliphatic rings. The van der Waals surface area contributed by atoms with Gasteiger partial charge >= 0.3 is 0 Å². The van der Waals surface area contributed by atoms with E-state index in [2.05, 4.69) is 32.0 Å². The lowest BCUT2D eigenvalue weighted by Crippen LogP contribution is -2.67. The zero-order valence-electron chi connectivity index (χ0n) is 13.1. The van der Waals surface area contributed by atoms with E-state index in [0.29, 0.717) is 13.1 Å². The van der Waals surface area contributed by atoms with Gasteiger partial charge in [0.05, 0.1) is 24.1 Å². The summed E-state index contributed by atoms with van der Waals surface area (Å²) in [7, 11) is 0. The number of hydrogen-bond acceptors (Lipinski definition) is 2. The summed E-state index contributed by atoms with van der Waals surface area (Å²) in [5, 5.41) is 10.3. The molecule has 0 atom stereocenters. The van der Waals surface area contributed by atoms with E-state index in [4.69, 9.17) is 0 Å². The quantitative estimate of drug-likeness (QED) is 0.925. The molecule has 1 saturated heterocycles. The van der Waals surface area contributed by atoms with Crippen molar-refractivity contribution in [1.82, 2.24) is 4.90 Å². The van der Waals surface area contributed by atoms with Crippen LogP contribution in [0.4, 0.5) is 0 Å². The van der Waals surface area contributed by atoms with Crippen LogP contribution in [0.25, 0.3) is 0 Å². The van der Waals surface area contributed by atoms with Crippen molar-refractivity contribution in [3.63, 3.8) is 0 Å². The summed E-state index contributed by atoms with van der Waals surface area (Å²) in [6, 6.07) is 8.35. The van der Waals surface area contributed by atoms with Crippen LogP contribution in [-0.2, 0) is 10.2 Å². The second-order valence-electron chi connectivity index (χ2n) is 6.94. The molecule has 1 aromatic carbocycles. The first kappa shape index (κ1) is 14.6. The third-order valence-electron chi connectivity index (χ3n) is 5.16. The van der Waals surface area contributed by atoms with Gasteiger partial charge in [-0.25, -0.2) is 0 Å². The zero-order chi connectivity index (χ0) is 15.1. The Hall–Kier alpha value is -1.35. The summed E-state index contributed by atoms with van der Waals surface area (Å²) in [5.41, 5.74) is 1.41. The highest BCUT2D eigenvalue weighted by Gasteiger charge is 2.52. The molecule has 0 aromatic heterocycles. The van der Waals surface area contributed by atoms with Crippen LogP contribution in [0, 0.1) is 6.92 Å². The van der Waals surface area contributed by atoms with Gasteiger partial charge in [0.15, 0.2) is 0 Å². The maximum atomic E-state index is 12.9. The van der Waals surface area contributed by atoms with Crippen molar-refractivity contribution in [3.05, 3.63) is 35.4 Å². The van der Waals surface area contributed by atoms with E-state index in [0.717, 1.165) is 37.7 Å². The second-order valence-corrected chi connectivity index (χ2v) is 6.94. The first-order valence-corrected chi connectivity index (χ1v) is 8.08. The van der Waals surface area contributed by atoms with Gasteiger partial charge in [0.25, 0.3) is 0 Å². The number of carbonyl (C=O) groups is 1. The molecule has 0 spiro atoms. The lowest BCUT2D eigenvalue weighted by Gasteiger charge is -2.52. The highest BCUT2D eigenvalue weighted by molar-refractivity contribution is 5.90. The van der Waals surface area contributed by atoms with Gasteiger partial charge in [-0.05, 0) is 31.7 Å². The summed E-state index contributed by atoms with van der Waals surface area (Å²) in [5.74, 6) is 0.222. The molecule has 114 valence electrons. The molecular weight excluding hydrogens is 262 g/mol. The fraction of sp³-hybridized carbons (Fsp3) is 0.611. The number of β-amino-alcohol motifs (C(OH)–C–C–N with tert-alkyl or cyclic N) is 1. The van der Waals surface area contributed by atoms with Gasteiger partial charge in [-0.2, -0.15) is 0 Å². The Balaban J connectivity index is 1.77. The fourth-order valence-electron chi connectivity index (χ4n) is 3.83. The molecule has 1 saturated carbocycles. The average molecular weight is 287 g/mol. The number of hydrogen-bond donors (Lipinski definition) is 1. The summed E-state index contributed by atoms with van der Waals surface area (Å²) < 4.78 is 0. The van der Waals surface area contributed by atoms with Crippen LogP contribution in [0.5, 0.6) is 0 Å². The smallest absolute Gasteiger partial charge is 0.233 e. The van der Waals surface area contributed by atoms with Crippen LogP contribution < -0.4 is 0 Å². The molecule has 1 N–H and O–H groups in total. The van der Waals surface area contributed by atoms with Crippen LogP contribution in [-0.4, -0.2) is 34.6 Å². The summed E-state index contributed by atoms with van der Waals surface area (Å²) in [6.07, 6.45) is 4.75. The van der Waals surface area contributed by atoms with Crippen molar-refractivity contribution >= 4 is 5.91 Å². The monoisotopic (exact) mass is 287 g/mol. The third-order valence-corrected chi connectivity index (χ3v) is 5.16. The standard InChI is InChI=1S/C18H25NO2/c1-3-8-17(21)12-19(13-17)16(20)18(9-5-10-18)15-7-4-6-14(2)11-15/h4,6-7,11,21H,3,5,8-10,12-13H2,1-2H3. The van der Waals surface area contributed by atoms with Gasteiger partial charge < -0.3 is 10.0 Å². The lowest BCUT2D eigenvalue weighted by atomic mass is 9.62. The number of amides is 1. The maximum Gasteiger partial charge on any atom is 0.233 e. The van der Waals surface area contributed by atoms with Crippen LogP contribution in [0.2, 0.25) is 0 Å². The lowest BCUT2D eigenvalue weighted by molar-refractivity contribution is -0.165. The predicted octanol–water partition coefficient (Wildman–Crippen LogP) is 2.79. The molecule has 1 aliphatic heterocycles. The van der Waals surface area contributed by atoms with Gasteiger partial charge in [-0.3, -0.25) is 4.79 Å². The number of aliphatic hydroxyl groups is 1. The van der Waals surface area contributed by atoms with Crippen molar-refractivity contribution in [3.8, 4) is 0 Å². The predicted molar refractivity (Wildman–Crippen MR) is 83.1 cm³/mol. The van der Waals surface area contributed by atoms with Gasteiger partial charge in [0, 0.05) is 0 Å². The molecule has 2 fully saturated rings. The number of benzene rings is 1. The zero-order valence-corrected chi connectivity index (χ0v) is 13.1. The Kier molecular flexibility index (Phi) is 3.56. The molecule has 1 aromatic rings. The number of aryl methyl sites for hydroxylation is 1. The van der Waals surface area contributed by atoms with Gasteiger partial charge in [0.2, 0.25) is 5.91 Å². The second kappa shape index (κ2) is 5.13. The van der Waals surface area contributed by atoms with E-state index >= 15 is 0 Å². The van der Waals surface area contributed by atoms with Crippen LogP contribution >= 0.6 is 0 Å². The van der Waals surface area contributed by atoms with Crippen LogP contribution in [0.3, 0.4) is 0 Å². The maximum absolute atomic E-state index is 12.9. The molecule has 21 heavy (non-hydrogen) atoms. The largest absolute Gasteiger partial charge is 0.386 e. The highest BCUT2D eigenvalue weighted by Crippen LogP contribution is 2.46. The van der Waals surface area contributed by atoms with Gasteiger partial charge in [-0.1, -0.05) is 49.6 Å². The fourth-order valence-corrected chi connectivity index (χ4v) is 3.83. The van der Waals surface area contributed by atoms with Crippen LogP contribution in [0.15, 0.2) is 24.3 Å². The topological polar surface area (TPSA) is 40.5 Å². The van der Waals surface area contributed by atoms with Crippen molar-refractivity contribution < 1.29 is 9.90 Å². The molecule has 1 aliphatic carbocycles. The molecule has 3 nitrogen and oxygen atoms in total. The molecule has 0 bridgehead atoms. The Morgan fingerprint density at radius 1 is 1.33 bits per heavy atom. The molecule has 0 radical (unpaired) electrons. The molecule has 3 heteroatoms. The minimum Gasteiger partial charge on any atom is -0.386 e. The minimum absolute atomic E-state index is 0.222. The first-order valence-electron chi connectivity index (χ1n) is 8.08. The van der Waals surface area contributed by atoms with Gasteiger partial charge in [-0.15, -0.1) is 0 Å². The van der Waals surface area contributed by atoms with Crippen molar-refractivity contribution in [1.29, 1.82) is 0 Å². The SMILES string of the molecule is CCCC1(O)CN(C(=O)C2(c3cccc(C)c3)CCC2)C1. The molecule has 1 amide bonds. The Bertz CT molecular complexity index is 542. The molecular formula is C18H25NO2. The van der Waals surface area contributed by atoms with Gasteiger partial charge in [0.1, 0.15) is 0 Å². The van der Waals surface area contributed by atoms with E-state index in [-0.39, 0.29) is 11.3 Å². The van der Waals surface area contributed by atoms with Crippen LogP contribution in [0.1, 0.15) is 50.2 Å². The Morgan fingerprint density at radius 2 is 2.05 bits per heavy atom. The number of rotatable bonds is 4. The average Bonchev–Trinajstić information content (AvgIpc) is 2.34. The minimum atomic E-state index is -0.637. The first-order chi connectivity index (χ1) is 9.99. The van der Waals surface area contributed by atoms with E-state index in [1.807, 2.05) is 11.0 Å². The van der Waals surface area contributed by atoms with E-state index < -0.39 is 5.60 Å². The normalized spacial score (nSPS) is 22.3. The van der Waals surface area contributed by atoms with Crippen molar-refractivity contribution in [2.45, 2.75) is 57.0 Å². The summed E-state index contributed by atoms with van der Waals surface area (Å²) in [4.78, 5) is 14.8. The van der Waals surface area contributed by atoms with E-state index in [9.17, 15) is 9.90 Å². The van der Waals surface area contributed by atoms with E-state index in [1.54, 1.807) is 0 Å². The number of likely N-dealkylation sites (tertiary alicyclic amines) is 1. The molecule has 1 heterocycles. The Labute approximate surface area is 127 Å². The summed E-state index contributed by atoms with van der Waals surface area (Å²) >= 11 is 0. The summed E-state index contributed by atoms with van der Waals surface area (Å²) in [6.45, 7) is 5.16. The van der Waals surface area contributed by atoms with Crippen molar-refractivity contribution in [2.24, 2.45) is 0 Å².